The number of anilines is 1. The topological polar surface area (TPSA) is 99.3 Å². The second kappa shape index (κ2) is 10.1. The Hall–Kier alpha value is -4.24. The van der Waals surface area contributed by atoms with Gasteiger partial charge in [0.2, 0.25) is 0 Å². The van der Waals surface area contributed by atoms with Crippen molar-refractivity contribution in [3.05, 3.63) is 117 Å². The molecule has 0 saturated carbocycles. The zero-order valence-electron chi connectivity index (χ0n) is 17.7. The first-order valence-electron chi connectivity index (χ1n) is 10.1. The van der Waals surface area contributed by atoms with E-state index in [1.165, 1.54) is 42.6 Å². The second-order valence-corrected chi connectivity index (χ2v) is 7.76. The number of benzene rings is 3. The van der Waals surface area contributed by atoms with E-state index in [1.54, 1.807) is 35.1 Å². The van der Waals surface area contributed by atoms with Crippen LogP contribution in [0.4, 0.5) is 15.8 Å². The van der Waals surface area contributed by atoms with Gasteiger partial charge in [-0.3, -0.25) is 19.6 Å². The molecule has 0 unspecified atom stereocenters. The summed E-state index contributed by atoms with van der Waals surface area (Å²) in [5.41, 5.74) is 2.36. The summed E-state index contributed by atoms with van der Waals surface area (Å²) in [5.74, 6) is -0.256. The lowest BCUT2D eigenvalue weighted by Crippen LogP contribution is -2.12. The highest BCUT2D eigenvalue weighted by Crippen LogP contribution is 2.20. The van der Waals surface area contributed by atoms with Crippen LogP contribution in [0, 0.1) is 15.9 Å². The Morgan fingerprint density at radius 3 is 2.68 bits per heavy atom. The van der Waals surface area contributed by atoms with E-state index in [-0.39, 0.29) is 18.2 Å². The van der Waals surface area contributed by atoms with Crippen molar-refractivity contribution >= 4 is 28.9 Å². The Morgan fingerprint density at radius 2 is 1.94 bits per heavy atom. The Labute approximate surface area is 198 Å². The van der Waals surface area contributed by atoms with Crippen molar-refractivity contribution in [1.82, 2.24) is 9.78 Å². The molecule has 0 aliphatic rings. The maximum atomic E-state index is 13.2. The fourth-order valence-corrected chi connectivity index (χ4v) is 3.40. The number of amides is 1. The Morgan fingerprint density at radius 1 is 1.15 bits per heavy atom. The Bertz CT molecular complexity index is 1340. The van der Waals surface area contributed by atoms with Gasteiger partial charge in [0.1, 0.15) is 18.2 Å². The van der Waals surface area contributed by atoms with Crippen LogP contribution in [0.2, 0.25) is 5.02 Å². The van der Waals surface area contributed by atoms with Gasteiger partial charge in [-0.1, -0.05) is 29.8 Å². The third kappa shape index (κ3) is 5.76. The lowest BCUT2D eigenvalue weighted by Gasteiger charge is -2.08. The molecule has 3 aromatic carbocycles. The summed E-state index contributed by atoms with van der Waals surface area (Å²) in [6.45, 7) is 0.514. The molecule has 0 bridgehead atoms. The van der Waals surface area contributed by atoms with Crippen LogP contribution in [0.15, 0.2) is 79.1 Å². The first-order chi connectivity index (χ1) is 16.4. The molecule has 1 aromatic heterocycles. The number of hydrogen-bond acceptors (Lipinski definition) is 5. The van der Waals surface area contributed by atoms with E-state index < -0.39 is 10.7 Å². The van der Waals surface area contributed by atoms with Crippen LogP contribution in [0.1, 0.15) is 21.5 Å². The molecule has 4 aromatic rings. The molecule has 8 nitrogen and oxygen atoms in total. The predicted octanol–water partition coefficient (Wildman–Crippen LogP) is 5.46. The van der Waals surface area contributed by atoms with Crippen molar-refractivity contribution < 1.29 is 18.8 Å². The fraction of sp³-hybridized carbons (Fsp3) is 0.0833. The number of halogens is 2. The summed E-state index contributed by atoms with van der Waals surface area (Å²) in [6.07, 6.45) is 3.16. The van der Waals surface area contributed by atoms with Crippen LogP contribution in [0.5, 0.6) is 5.75 Å². The first kappa shape index (κ1) is 22.9. The molecular weight excluding hydrogens is 463 g/mol. The fourth-order valence-electron chi connectivity index (χ4n) is 3.18. The van der Waals surface area contributed by atoms with E-state index >= 15 is 0 Å². The highest BCUT2D eigenvalue weighted by molar-refractivity contribution is 6.31. The van der Waals surface area contributed by atoms with Crippen LogP contribution in [-0.2, 0) is 13.2 Å². The zero-order valence-corrected chi connectivity index (χ0v) is 18.4. The van der Waals surface area contributed by atoms with Gasteiger partial charge in [-0.2, -0.15) is 5.10 Å². The molecule has 1 amide bonds. The third-order valence-electron chi connectivity index (χ3n) is 4.88. The highest BCUT2D eigenvalue weighted by Gasteiger charge is 2.10. The number of ether oxygens (including phenoxy) is 1. The van der Waals surface area contributed by atoms with Gasteiger partial charge in [0, 0.05) is 28.9 Å². The van der Waals surface area contributed by atoms with Gasteiger partial charge in [-0.25, -0.2) is 4.39 Å². The predicted molar refractivity (Wildman–Crippen MR) is 125 cm³/mol. The average Bonchev–Trinajstić information content (AvgIpc) is 3.26. The number of carbonyl (C=O) groups is 1. The molecule has 1 N–H and O–H groups in total. The van der Waals surface area contributed by atoms with Crippen LogP contribution in [0.3, 0.4) is 0 Å². The largest absolute Gasteiger partial charge is 0.489 e. The molecule has 0 aliphatic carbocycles. The van der Waals surface area contributed by atoms with Crippen LogP contribution in [-0.4, -0.2) is 20.6 Å². The van der Waals surface area contributed by atoms with E-state index in [0.29, 0.717) is 34.1 Å². The third-order valence-corrected chi connectivity index (χ3v) is 5.23. The standard InChI is InChI=1S/C24H18ClFN4O4/c25-23-11-19(26)5-4-18(23)13-29-14-20(12-27-29)28-24(31)17-3-1-2-16(10-17)15-34-22-8-6-21(7-9-22)30(32)33/h1-12,14H,13,15H2,(H,28,31). The molecule has 0 spiro atoms. The van der Waals surface area contributed by atoms with Crippen LogP contribution >= 0.6 is 11.6 Å². The minimum absolute atomic E-state index is 0.0184. The molecule has 1 heterocycles. The summed E-state index contributed by atoms with van der Waals surface area (Å²) in [6, 6.07) is 16.8. The van der Waals surface area contributed by atoms with Crippen LogP contribution in [0.25, 0.3) is 0 Å². The van der Waals surface area contributed by atoms with Gasteiger partial charge >= 0.3 is 0 Å². The molecule has 10 heteroatoms. The Balaban J connectivity index is 1.36. The lowest BCUT2D eigenvalue weighted by atomic mass is 10.1. The number of nitrogens with zero attached hydrogens (tertiary/aromatic N) is 3. The molecule has 0 aliphatic heterocycles. The normalized spacial score (nSPS) is 10.6. The molecule has 34 heavy (non-hydrogen) atoms. The van der Waals surface area contributed by atoms with E-state index in [2.05, 4.69) is 10.4 Å². The zero-order chi connectivity index (χ0) is 24.1. The van der Waals surface area contributed by atoms with Gasteiger partial charge in [-0.15, -0.1) is 0 Å². The van der Waals surface area contributed by atoms with Crippen molar-refractivity contribution in [3.63, 3.8) is 0 Å². The Kier molecular flexibility index (Phi) is 6.84. The number of carbonyl (C=O) groups excluding carboxylic acids is 1. The second-order valence-electron chi connectivity index (χ2n) is 7.36. The van der Waals surface area contributed by atoms with Crippen molar-refractivity contribution in [2.45, 2.75) is 13.2 Å². The summed E-state index contributed by atoms with van der Waals surface area (Å²) in [5, 5.41) is 18.0. The number of non-ortho nitro benzene ring substituents is 1. The molecule has 0 atom stereocenters. The van der Waals surface area contributed by atoms with Crippen LogP contribution < -0.4 is 10.1 Å². The monoisotopic (exact) mass is 480 g/mol. The van der Waals surface area contributed by atoms with Crippen molar-refractivity contribution in [3.8, 4) is 5.75 Å². The van der Waals surface area contributed by atoms with Gasteiger partial charge in [0.05, 0.1) is 23.4 Å². The minimum Gasteiger partial charge on any atom is -0.489 e. The van der Waals surface area contributed by atoms with Gasteiger partial charge in [0.25, 0.3) is 11.6 Å². The van der Waals surface area contributed by atoms with Gasteiger partial charge < -0.3 is 10.1 Å². The van der Waals surface area contributed by atoms with Gasteiger partial charge in [0.15, 0.2) is 0 Å². The van der Waals surface area contributed by atoms with Crippen molar-refractivity contribution in [2.24, 2.45) is 0 Å². The summed E-state index contributed by atoms with van der Waals surface area (Å²) in [7, 11) is 0. The number of aromatic nitrogens is 2. The van der Waals surface area contributed by atoms with E-state index in [4.69, 9.17) is 16.3 Å². The lowest BCUT2D eigenvalue weighted by molar-refractivity contribution is -0.384. The molecule has 0 fully saturated rings. The summed E-state index contributed by atoms with van der Waals surface area (Å²) < 4.78 is 20.5. The molecule has 0 radical (unpaired) electrons. The number of rotatable bonds is 8. The average molecular weight is 481 g/mol. The smallest absolute Gasteiger partial charge is 0.269 e. The summed E-state index contributed by atoms with van der Waals surface area (Å²) >= 11 is 6.06. The molecule has 0 saturated heterocycles. The maximum Gasteiger partial charge on any atom is 0.269 e. The molecule has 4 rings (SSSR count). The number of nitrogens with one attached hydrogen (secondary N) is 1. The maximum absolute atomic E-state index is 13.2. The van der Waals surface area contributed by atoms with E-state index in [1.807, 2.05) is 6.07 Å². The minimum atomic E-state index is -0.479. The van der Waals surface area contributed by atoms with E-state index in [9.17, 15) is 19.3 Å². The SMILES string of the molecule is O=C(Nc1cnn(Cc2ccc(F)cc2Cl)c1)c1cccc(COc2ccc([N+](=O)[O-])cc2)c1. The number of hydrogen-bond donors (Lipinski definition) is 1. The quantitative estimate of drug-likeness (QED) is 0.266. The molecule has 172 valence electrons. The number of nitro benzene ring substituents is 1. The summed E-state index contributed by atoms with van der Waals surface area (Å²) in [4.78, 5) is 22.9. The highest BCUT2D eigenvalue weighted by atomic mass is 35.5. The van der Waals surface area contributed by atoms with Crippen molar-refractivity contribution in [1.29, 1.82) is 0 Å². The first-order valence-corrected chi connectivity index (χ1v) is 10.5. The number of nitro groups is 1. The molecular formula is C24H18ClFN4O4. The van der Waals surface area contributed by atoms with Gasteiger partial charge in [-0.05, 0) is 47.5 Å². The van der Waals surface area contributed by atoms with Crippen molar-refractivity contribution in [2.75, 3.05) is 5.32 Å². The van der Waals surface area contributed by atoms with E-state index in [0.717, 1.165) is 5.56 Å².